The van der Waals surface area contributed by atoms with E-state index in [0.29, 0.717) is 11.0 Å². The fourth-order valence-electron chi connectivity index (χ4n) is 1.81. The van der Waals surface area contributed by atoms with Crippen molar-refractivity contribution in [1.29, 1.82) is 0 Å². The van der Waals surface area contributed by atoms with Crippen LogP contribution in [0.25, 0.3) is 0 Å². The molecule has 24 heavy (non-hydrogen) atoms. The number of aliphatic imine (C=N–C) groups is 1. The van der Waals surface area contributed by atoms with Crippen LogP contribution >= 0.6 is 15.9 Å². The van der Waals surface area contributed by atoms with Crippen LogP contribution in [0.1, 0.15) is 0 Å². The number of carbonyl (C=O) groups excluding carboxylic acids is 2. The van der Waals surface area contributed by atoms with Crippen LogP contribution in [0, 0.1) is 10.1 Å². The fraction of sp³-hybridized carbons (Fsp3) is 0.214. The van der Waals surface area contributed by atoms with E-state index in [1.54, 1.807) is 6.08 Å². The molecule has 1 aliphatic heterocycles. The van der Waals surface area contributed by atoms with Gasteiger partial charge in [-0.25, -0.2) is 9.59 Å². The highest BCUT2D eigenvalue weighted by atomic mass is 79.9. The fourth-order valence-corrected chi connectivity index (χ4v) is 2.14. The van der Waals surface area contributed by atoms with Crippen molar-refractivity contribution in [3.05, 3.63) is 46.7 Å². The number of hydrogen-bond donors (Lipinski definition) is 0. The molecule has 0 saturated carbocycles. The highest BCUT2D eigenvalue weighted by Crippen LogP contribution is 2.20. The quantitative estimate of drug-likeness (QED) is 0.333. The summed E-state index contributed by atoms with van der Waals surface area (Å²) < 4.78 is 9.74. The van der Waals surface area contributed by atoms with Crippen molar-refractivity contribution in [1.82, 2.24) is 4.90 Å². The number of esters is 1. The monoisotopic (exact) mass is 397 g/mol. The van der Waals surface area contributed by atoms with Gasteiger partial charge in [-0.3, -0.25) is 20.0 Å². The minimum absolute atomic E-state index is 0.0953. The highest BCUT2D eigenvalue weighted by Gasteiger charge is 2.32. The number of nitro benzene ring substituents is 1. The molecule has 2 rings (SSSR count). The van der Waals surface area contributed by atoms with Crippen molar-refractivity contribution < 1.29 is 24.0 Å². The zero-order valence-electron chi connectivity index (χ0n) is 12.4. The summed E-state index contributed by atoms with van der Waals surface area (Å²) in [7, 11) is 1.18. The molecule has 126 valence electrons. The van der Waals surface area contributed by atoms with Crippen molar-refractivity contribution in [2.24, 2.45) is 4.99 Å². The van der Waals surface area contributed by atoms with E-state index >= 15 is 0 Å². The van der Waals surface area contributed by atoms with Crippen LogP contribution in [0.5, 0.6) is 5.75 Å². The first kappa shape index (κ1) is 17.6. The number of alkyl halides is 1. The number of benzene rings is 1. The van der Waals surface area contributed by atoms with Gasteiger partial charge in [0.15, 0.2) is 0 Å². The van der Waals surface area contributed by atoms with Gasteiger partial charge in [0.25, 0.3) is 5.69 Å². The second-order valence-corrected chi connectivity index (χ2v) is 5.05. The van der Waals surface area contributed by atoms with Gasteiger partial charge in [0.2, 0.25) is 6.17 Å². The number of methoxy groups -OCH3 is 1. The molecule has 1 aromatic carbocycles. The number of ether oxygens (including phenoxy) is 2. The van der Waals surface area contributed by atoms with E-state index < -0.39 is 23.2 Å². The summed E-state index contributed by atoms with van der Waals surface area (Å²) in [4.78, 5) is 39.2. The van der Waals surface area contributed by atoms with Gasteiger partial charge in [0.1, 0.15) is 5.75 Å². The molecule has 0 radical (unpaired) electrons. The Kier molecular flexibility index (Phi) is 5.64. The van der Waals surface area contributed by atoms with Crippen LogP contribution in [0.4, 0.5) is 10.5 Å². The number of non-ortho nitro benzene ring substituents is 1. The molecule has 1 amide bonds. The number of nitro groups is 1. The molecule has 1 aliphatic rings. The van der Waals surface area contributed by atoms with Gasteiger partial charge in [-0.05, 0) is 18.2 Å². The first-order valence-electron chi connectivity index (χ1n) is 6.59. The van der Waals surface area contributed by atoms with E-state index in [1.807, 2.05) is 0 Å². The van der Waals surface area contributed by atoms with Crippen LogP contribution in [0.3, 0.4) is 0 Å². The van der Waals surface area contributed by atoms with Gasteiger partial charge in [0.05, 0.1) is 17.7 Å². The van der Waals surface area contributed by atoms with Gasteiger partial charge in [-0.2, -0.15) is 0 Å². The van der Waals surface area contributed by atoms with Crippen molar-refractivity contribution in [3.63, 3.8) is 0 Å². The number of rotatable bonds is 4. The second kappa shape index (κ2) is 7.68. The third-order valence-electron chi connectivity index (χ3n) is 2.99. The summed E-state index contributed by atoms with van der Waals surface area (Å²) in [5.74, 6) is -0.628. The molecule has 0 aliphatic carbocycles. The van der Waals surface area contributed by atoms with E-state index in [4.69, 9.17) is 4.74 Å². The van der Waals surface area contributed by atoms with Crippen LogP contribution in [0.15, 0.2) is 41.5 Å². The highest BCUT2D eigenvalue weighted by molar-refractivity contribution is 9.09. The molecule has 1 aromatic rings. The molecular formula is C14H12BrN3O6. The predicted molar refractivity (Wildman–Crippen MR) is 87.1 cm³/mol. The Bertz CT molecular complexity index is 716. The van der Waals surface area contributed by atoms with Crippen LogP contribution in [0.2, 0.25) is 0 Å². The van der Waals surface area contributed by atoms with Gasteiger partial charge < -0.3 is 9.47 Å². The number of carbonyl (C=O) groups is 2. The molecule has 0 spiro atoms. The normalized spacial score (nSPS) is 16.3. The Morgan fingerprint density at radius 3 is 2.58 bits per heavy atom. The van der Waals surface area contributed by atoms with Crippen LogP contribution in [-0.4, -0.2) is 46.2 Å². The molecular weight excluding hydrogens is 386 g/mol. The van der Waals surface area contributed by atoms with E-state index in [9.17, 15) is 19.7 Å². The SMILES string of the molecule is COC(=O)C1N=C(CBr)C=CN1C(=O)Oc1ccc([N+](=O)[O-])cc1. The minimum atomic E-state index is -1.20. The van der Waals surface area contributed by atoms with Gasteiger partial charge in [-0.1, -0.05) is 15.9 Å². The standard InChI is InChI=1S/C14H12BrN3O6/c1-23-13(19)12-16-9(8-15)6-7-17(12)14(20)24-11-4-2-10(3-5-11)18(21)22/h2-7,12H,8H2,1H3. The van der Waals surface area contributed by atoms with Crippen molar-refractivity contribution in [2.75, 3.05) is 12.4 Å². The summed E-state index contributed by atoms with van der Waals surface area (Å²) in [5.41, 5.74) is 0.427. The second-order valence-electron chi connectivity index (χ2n) is 4.49. The minimum Gasteiger partial charge on any atom is -0.466 e. The Labute approximate surface area is 144 Å². The maximum absolute atomic E-state index is 12.2. The molecule has 0 fully saturated rings. The molecule has 9 nitrogen and oxygen atoms in total. The molecule has 0 bridgehead atoms. The largest absolute Gasteiger partial charge is 0.466 e. The van der Waals surface area contributed by atoms with Gasteiger partial charge >= 0.3 is 12.1 Å². The first-order chi connectivity index (χ1) is 11.5. The summed E-state index contributed by atoms with van der Waals surface area (Å²) in [6, 6.07) is 4.97. The first-order valence-corrected chi connectivity index (χ1v) is 7.71. The number of amides is 1. The Hall–Kier alpha value is -2.75. The third-order valence-corrected chi connectivity index (χ3v) is 3.57. The number of halogens is 1. The topological polar surface area (TPSA) is 111 Å². The lowest BCUT2D eigenvalue weighted by molar-refractivity contribution is -0.384. The van der Waals surface area contributed by atoms with Crippen LogP contribution in [-0.2, 0) is 9.53 Å². The molecule has 1 unspecified atom stereocenters. The number of allylic oxidation sites excluding steroid dienone is 1. The average molecular weight is 398 g/mol. The molecule has 0 N–H and O–H groups in total. The van der Waals surface area contributed by atoms with E-state index in [0.717, 1.165) is 4.90 Å². The van der Waals surface area contributed by atoms with Gasteiger partial charge in [0, 0.05) is 23.7 Å². The van der Waals surface area contributed by atoms with Crippen molar-refractivity contribution >= 4 is 39.4 Å². The maximum atomic E-state index is 12.2. The summed E-state index contributed by atoms with van der Waals surface area (Å²) in [6.45, 7) is 0. The smallest absolute Gasteiger partial charge is 0.421 e. The predicted octanol–water partition coefficient (Wildman–Crippen LogP) is 2.26. The molecule has 0 saturated heterocycles. The van der Waals surface area contributed by atoms with Crippen LogP contribution < -0.4 is 4.74 Å². The van der Waals surface area contributed by atoms with E-state index in [-0.39, 0.29) is 11.4 Å². The summed E-state index contributed by atoms with van der Waals surface area (Å²) in [6.07, 6.45) is 0.843. The zero-order valence-corrected chi connectivity index (χ0v) is 14.0. The third kappa shape index (κ3) is 3.96. The Balaban J connectivity index is 2.15. The lowest BCUT2D eigenvalue weighted by Gasteiger charge is -2.26. The molecule has 1 heterocycles. The van der Waals surface area contributed by atoms with Crippen molar-refractivity contribution in [2.45, 2.75) is 6.17 Å². The molecule has 1 atom stereocenters. The average Bonchev–Trinajstić information content (AvgIpc) is 2.60. The molecule has 10 heteroatoms. The summed E-state index contributed by atoms with van der Waals surface area (Å²) in [5, 5.41) is 11.0. The Morgan fingerprint density at radius 2 is 2.04 bits per heavy atom. The Morgan fingerprint density at radius 1 is 1.38 bits per heavy atom. The maximum Gasteiger partial charge on any atom is 0.421 e. The summed E-state index contributed by atoms with van der Waals surface area (Å²) >= 11 is 3.21. The number of hydrogen-bond acceptors (Lipinski definition) is 7. The van der Waals surface area contributed by atoms with E-state index in [1.165, 1.54) is 37.6 Å². The van der Waals surface area contributed by atoms with E-state index in [2.05, 4.69) is 25.7 Å². The number of nitrogens with zero attached hydrogens (tertiary/aromatic N) is 3. The zero-order chi connectivity index (χ0) is 17.7. The lowest BCUT2D eigenvalue weighted by atomic mass is 10.3. The van der Waals surface area contributed by atoms with Crippen molar-refractivity contribution in [3.8, 4) is 5.75 Å². The van der Waals surface area contributed by atoms with Gasteiger partial charge in [-0.15, -0.1) is 0 Å². The lowest BCUT2D eigenvalue weighted by Crippen LogP contribution is -2.44. The molecule has 0 aromatic heterocycles.